The van der Waals surface area contributed by atoms with E-state index in [1.807, 2.05) is 78.9 Å². The number of benzene rings is 7. The van der Waals surface area contributed by atoms with Crippen molar-refractivity contribution >= 4 is 71.5 Å². The Morgan fingerprint density at radius 3 is 1.55 bits per heavy atom. The molecule has 0 radical (unpaired) electrons. The van der Waals surface area contributed by atoms with E-state index in [1.165, 1.54) is 0 Å². The molecule has 0 saturated heterocycles. The summed E-state index contributed by atoms with van der Waals surface area (Å²) in [6, 6.07) is 55.7. The number of rotatable bonds is 4. The monoisotopic (exact) mass is 705 g/mol. The zero-order chi connectivity index (χ0) is 36.0. The zero-order valence-electron chi connectivity index (χ0n) is 29.1. The SMILES string of the molecule is c1ccc(-c2nc(-c3ccccc3)nc(-c3ccc4oc5ccc(-c6ccc7oc8c9ccccc9c9nc%10ccccc%10n9c8c7c6)cc5c4c3)n2)cc1. The molecule has 0 atom stereocenters. The predicted molar refractivity (Wildman–Crippen MR) is 220 cm³/mol. The van der Waals surface area contributed by atoms with E-state index in [9.17, 15) is 0 Å². The maximum absolute atomic E-state index is 6.65. The molecule has 256 valence electrons. The van der Waals surface area contributed by atoms with Crippen LogP contribution in [0.2, 0.25) is 0 Å². The fraction of sp³-hybridized carbons (Fsp3) is 0. The Balaban J connectivity index is 1.03. The Bertz CT molecular complexity index is 3430. The second kappa shape index (κ2) is 11.4. The lowest BCUT2D eigenvalue weighted by Gasteiger charge is -2.08. The van der Waals surface area contributed by atoms with Crippen molar-refractivity contribution in [1.29, 1.82) is 0 Å². The van der Waals surface area contributed by atoms with Crippen molar-refractivity contribution in [3.05, 3.63) is 164 Å². The molecular weight excluding hydrogens is 679 g/mol. The first-order valence-electron chi connectivity index (χ1n) is 18.2. The molecule has 7 nitrogen and oxygen atoms in total. The van der Waals surface area contributed by atoms with Crippen LogP contribution >= 0.6 is 0 Å². The Hall–Kier alpha value is -7.64. The van der Waals surface area contributed by atoms with Crippen LogP contribution in [-0.4, -0.2) is 24.3 Å². The van der Waals surface area contributed by atoms with E-state index in [1.54, 1.807) is 0 Å². The molecule has 55 heavy (non-hydrogen) atoms. The molecule has 0 unspecified atom stereocenters. The normalized spacial score (nSPS) is 12.0. The molecule has 0 aliphatic carbocycles. The highest BCUT2D eigenvalue weighted by molar-refractivity contribution is 6.19. The fourth-order valence-corrected chi connectivity index (χ4v) is 8.01. The lowest BCUT2D eigenvalue weighted by molar-refractivity contribution is 0.669. The van der Waals surface area contributed by atoms with Crippen molar-refractivity contribution in [2.24, 2.45) is 0 Å². The van der Waals surface area contributed by atoms with E-state index >= 15 is 0 Å². The highest BCUT2D eigenvalue weighted by Gasteiger charge is 2.20. The Morgan fingerprint density at radius 1 is 0.364 bits per heavy atom. The number of furan rings is 2. The summed E-state index contributed by atoms with van der Waals surface area (Å²) in [6.45, 7) is 0. The van der Waals surface area contributed by atoms with Gasteiger partial charge in [0.2, 0.25) is 0 Å². The third-order valence-electron chi connectivity index (χ3n) is 10.6. The second-order valence-corrected chi connectivity index (χ2v) is 13.9. The second-order valence-electron chi connectivity index (χ2n) is 13.9. The topological polar surface area (TPSA) is 82.2 Å². The smallest absolute Gasteiger partial charge is 0.164 e. The van der Waals surface area contributed by atoms with E-state index in [2.05, 4.69) is 89.3 Å². The van der Waals surface area contributed by atoms with Gasteiger partial charge in [-0.2, -0.15) is 0 Å². The third kappa shape index (κ3) is 4.57. The maximum atomic E-state index is 6.65. The highest BCUT2D eigenvalue weighted by Crippen LogP contribution is 2.41. The summed E-state index contributed by atoms with van der Waals surface area (Å²) < 4.78 is 15.3. The summed E-state index contributed by atoms with van der Waals surface area (Å²) in [7, 11) is 0. The van der Waals surface area contributed by atoms with Gasteiger partial charge >= 0.3 is 0 Å². The molecule has 0 amide bonds. The minimum absolute atomic E-state index is 0.600. The Labute approximate surface area is 312 Å². The molecule has 0 saturated carbocycles. The summed E-state index contributed by atoms with van der Waals surface area (Å²) in [4.78, 5) is 19.9. The first-order valence-corrected chi connectivity index (χ1v) is 18.2. The fourth-order valence-electron chi connectivity index (χ4n) is 8.01. The summed E-state index contributed by atoms with van der Waals surface area (Å²) in [5, 5.41) is 5.15. The average Bonchev–Trinajstić information content (AvgIpc) is 3.95. The van der Waals surface area contributed by atoms with Crippen LogP contribution in [0.4, 0.5) is 0 Å². The molecule has 0 fully saturated rings. The van der Waals surface area contributed by atoms with Crippen molar-refractivity contribution in [3.8, 4) is 45.3 Å². The van der Waals surface area contributed by atoms with Gasteiger partial charge in [-0.1, -0.05) is 109 Å². The third-order valence-corrected chi connectivity index (χ3v) is 10.6. The van der Waals surface area contributed by atoms with Gasteiger partial charge < -0.3 is 8.83 Å². The number of para-hydroxylation sites is 2. The molecule has 7 heteroatoms. The van der Waals surface area contributed by atoms with Gasteiger partial charge in [0, 0.05) is 43.6 Å². The van der Waals surface area contributed by atoms with Gasteiger partial charge in [0.25, 0.3) is 0 Å². The molecule has 5 heterocycles. The van der Waals surface area contributed by atoms with Crippen LogP contribution in [0.15, 0.2) is 173 Å². The van der Waals surface area contributed by atoms with Crippen molar-refractivity contribution in [2.45, 2.75) is 0 Å². The molecule has 12 aromatic rings. The first-order chi connectivity index (χ1) is 27.2. The standard InChI is InChI=1S/C48H27N5O2/c1-3-11-28(12-4-1)45-50-46(29-13-5-2-6-14-29)52-47(51-45)32-21-24-41-36(27-32)35-25-30(19-22-40(35)54-41)31-20-23-42-37(26-31)43-44(55-42)33-15-7-8-16-34(33)48-49-38-17-9-10-18-39(38)53(43)48/h1-27H. The minimum Gasteiger partial charge on any atom is -0.456 e. The van der Waals surface area contributed by atoms with Crippen molar-refractivity contribution in [1.82, 2.24) is 24.3 Å². The van der Waals surface area contributed by atoms with Crippen LogP contribution in [0.5, 0.6) is 0 Å². The summed E-state index contributed by atoms with van der Waals surface area (Å²) >= 11 is 0. The van der Waals surface area contributed by atoms with Crippen LogP contribution < -0.4 is 0 Å². The van der Waals surface area contributed by atoms with Crippen LogP contribution in [0, 0.1) is 0 Å². The van der Waals surface area contributed by atoms with Crippen molar-refractivity contribution in [2.75, 3.05) is 0 Å². The van der Waals surface area contributed by atoms with Crippen LogP contribution in [0.25, 0.3) is 117 Å². The predicted octanol–water partition coefficient (Wildman–Crippen LogP) is 12.3. The molecular formula is C48H27N5O2. The maximum Gasteiger partial charge on any atom is 0.164 e. The van der Waals surface area contributed by atoms with Gasteiger partial charge in [-0.15, -0.1) is 0 Å². The molecule has 7 aromatic carbocycles. The van der Waals surface area contributed by atoms with Crippen molar-refractivity contribution < 1.29 is 8.83 Å². The number of nitrogens with zero attached hydrogens (tertiary/aromatic N) is 5. The van der Waals surface area contributed by atoms with Gasteiger partial charge in [-0.25, -0.2) is 19.9 Å². The van der Waals surface area contributed by atoms with Gasteiger partial charge in [0.1, 0.15) is 27.9 Å². The summed E-state index contributed by atoms with van der Waals surface area (Å²) in [5.41, 5.74) is 12.1. The average molecular weight is 706 g/mol. The van der Waals surface area contributed by atoms with Crippen LogP contribution in [0.1, 0.15) is 0 Å². The van der Waals surface area contributed by atoms with E-state index in [0.29, 0.717) is 17.5 Å². The quantitative estimate of drug-likeness (QED) is 0.181. The molecule has 5 aromatic heterocycles. The molecule has 0 spiro atoms. The molecule has 0 aliphatic heterocycles. The van der Waals surface area contributed by atoms with E-state index < -0.39 is 0 Å². The van der Waals surface area contributed by atoms with E-state index in [0.717, 1.165) is 99.3 Å². The summed E-state index contributed by atoms with van der Waals surface area (Å²) in [6.07, 6.45) is 0. The molecule has 0 N–H and O–H groups in total. The Kier molecular flexibility index (Phi) is 6.21. The van der Waals surface area contributed by atoms with E-state index in [-0.39, 0.29) is 0 Å². The number of pyridine rings is 1. The van der Waals surface area contributed by atoms with Gasteiger partial charge in [-0.3, -0.25) is 4.40 Å². The number of imidazole rings is 1. The largest absolute Gasteiger partial charge is 0.456 e. The van der Waals surface area contributed by atoms with Crippen LogP contribution in [0.3, 0.4) is 0 Å². The van der Waals surface area contributed by atoms with Gasteiger partial charge in [-0.05, 0) is 65.7 Å². The summed E-state index contributed by atoms with van der Waals surface area (Å²) in [5.74, 6) is 1.85. The number of hydrogen-bond acceptors (Lipinski definition) is 6. The molecule has 0 bridgehead atoms. The zero-order valence-corrected chi connectivity index (χ0v) is 29.1. The lowest BCUT2D eigenvalue weighted by Crippen LogP contribution is -2.00. The van der Waals surface area contributed by atoms with Crippen molar-refractivity contribution in [3.63, 3.8) is 0 Å². The number of fused-ring (bicyclic) bond motifs is 13. The first kappa shape index (κ1) is 29.9. The van der Waals surface area contributed by atoms with Crippen LogP contribution in [-0.2, 0) is 0 Å². The lowest BCUT2D eigenvalue weighted by atomic mass is 10.0. The number of hydrogen-bond donors (Lipinski definition) is 0. The molecule has 0 aliphatic rings. The number of aromatic nitrogens is 5. The van der Waals surface area contributed by atoms with E-state index in [4.69, 9.17) is 28.8 Å². The minimum atomic E-state index is 0.600. The highest BCUT2D eigenvalue weighted by atomic mass is 16.3. The van der Waals surface area contributed by atoms with Gasteiger partial charge in [0.15, 0.2) is 23.1 Å². The Morgan fingerprint density at radius 2 is 0.873 bits per heavy atom. The van der Waals surface area contributed by atoms with Gasteiger partial charge in [0.05, 0.1) is 11.0 Å². The molecule has 12 rings (SSSR count).